The van der Waals surface area contributed by atoms with E-state index < -0.39 is 23.2 Å². The number of carboxylic acids is 1. The van der Waals surface area contributed by atoms with Crippen molar-refractivity contribution < 1.29 is 30.0 Å². The highest BCUT2D eigenvalue weighted by atomic mass is 16.4. The maximum Gasteiger partial charge on any atom is 0.335 e. The fourth-order valence-electron chi connectivity index (χ4n) is 3.11. The third kappa shape index (κ3) is 3.85. The summed E-state index contributed by atoms with van der Waals surface area (Å²) in [5.74, 6) is -3.70. The summed E-state index contributed by atoms with van der Waals surface area (Å²) in [4.78, 5) is 24.3. The Kier molecular flexibility index (Phi) is 5.83. The Morgan fingerprint density at radius 3 is 2.43 bits per heavy atom. The van der Waals surface area contributed by atoms with E-state index in [4.69, 9.17) is 5.73 Å². The highest BCUT2D eigenvalue weighted by molar-refractivity contribution is 6.05. The highest BCUT2D eigenvalue weighted by Crippen LogP contribution is 2.38. The lowest BCUT2D eigenvalue weighted by atomic mass is 9.91. The van der Waals surface area contributed by atoms with Gasteiger partial charge in [-0.05, 0) is 35.9 Å². The van der Waals surface area contributed by atoms with Crippen molar-refractivity contribution in [3.63, 3.8) is 0 Å². The summed E-state index contributed by atoms with van der Waals surface area (Å²) in [5, 5.41) is 42.8. The van der Waals surface area contributed by atoms with Crippen molar-refractivity contribution in [2.45, 2.75) is 13.3 Å². The molecule has 28 heavy (non-hydrogen) atoms. The van der Waals surface area contributed by atoms with Crippen LogP contribution in [0.4, 0.5) is 0 Å². The van der Waals surface area contributed by atoms with Gasteiger partial charge in [0.1, 0.15) is 11.5 Å². The van der Waals surface area contributed by atoms with Crippen molar-refractivity contribution >= 4 is 22.6 Å². The van der Waals surface area contributed by atoms with E-state index in [0.717, 1.165) is 6.08 Å². The number of carbonyl (C=O) groups is 2. The molecule has 2 aromatic rings. The van der Waals surface area contributed by atoms with E-state index in [2.05, 4.69) is 0 Å². The van der Waals surface area contributed by atoms with Crippen LogP contribution in [0.1, 0.15) is 21.5 Å². The quantitative estimate of drug-likeness (QED) is 0.335. The number of aromatic carboxylic acids is 1. The lowest BCUT2D eigenvalue weighted by Crippen LogP contribution is -2.17. The molecule has 0 saturated carbocycles. The van der Waals surface area contributed by atoms with Crippen LogP contribution in [0.15, 0.2) is 41.8 Å². The van der Waals surface area contributed by atoms with Crippen LogP contribution < -0.4 is 10.8 Å². The summed E-state index contributed by atoms with van der Waals surface area (Å²) < 4.78 is 0. The number of allylic oxidation sites excluding steroid dienone is 1. The molecule has 0 aliphatic rings. The van der Waals surface area contributed by atoms with Crippen LogP contribution in [0.25, 0.3) is 10.8 Å². The number of nitrogens with two attached hydrogens (primary N) is 1. The topological polar surface area (TPSA) is 147 Å². The molecule has 8 nitrogen and oxygen atoms in total. The Labute approximate surface area is 161 Å². The van der Waals surface area contributed by atoms with Crippen molar-refractivity contribution in [3.8, 4) is 11.5 Å². The lowest BCUT2D eigenvalue weighted by molar-refractivity contribution is -0.266. The van der Waals surface area contributed by atoms with Gasteiger partial charge in [0.2, 0.25) is 5.91 Å². The second-order valence-corrected chi connectivity index (χ2v) is 6.43. The predicted octanol–water partition coefficient (Wildman–Crippen LogP) is 1.54. The van der Waals surface area contributed by atoms with E-state index in [-0.39, 0.29) is 34.6 Å². The van der Waals surface area contributed by atoms with E-state index in [1.807, 2.05) is 0 Å². The molecule has 148 valence electrons. The number of aliphatic hydroxyl groups is 1. The van der Waals surface area contributed by atoms with Gasteiger partial charge >= 0.3 is 5.97 Å². The number of fused-ring (bicyclic) bond motifs is 1. The molecule has 0 spiro atoms. The van der Waals surface area contributed by atoms with Gasteiger partial charge in [-0.3, -0.25) is 4.79 Å². The smallest absolute Gasteiger partial charge is 0.335 e. The van der Waals surface area contributed by atoms with Gasteiger partial charge in [0.05, 0.1) is 11.3 Å². The molecule has 0 bridgehead atoms. The Bertz CT molecular complexity index is 1020. The second-order valence-electron chi connectivity index (χ2n) is 6.43. The van der Waals surface area contributed by atoms with Crippen molar-refractivity contribution in [3.05, 3.63) is 58.5 Å². The summed E-state index contributed by atoms with van der Waals surface area (Å²) in [6.45, 7) is 1.66. The minimum Gasteiger partial charge on any atom is -0.871 e. The number of primary amides is 1. The summed E-state index contributed by atoms with van der Waals surface area (Å²) in [7, 11) is 3.25. The van der Waals surface area contributed by atoms with Crippen LogP contribution in [-0.4, -0.2) is 46.2 Å². The summed E-state index contributed by atoms with van der Waals surface area (Å²) in [6.07, 6.45) is 2.34. The fraction of sp³-hybridized carbons (Fsp3) is 0.200. The van der Waals surface area contributed by atoms with Crippen molar-refractivity contribution in [1.82, 2.24) is 4.90 Å². The molecule has 5 N–H and O–H groups in total. The second kappa shape index (κ2) is 7.91. The maximum atomic E-state index is 12.7. The number of amides is 1. The van der Waals surface area contributed by atoms with Gasteiger partial charge in [-0.2, -0.15) is 0 Å². The molecule has 8 heteroatoms. The number of phenolic OH excluding ortho intramolecular Hbond substituents is 1. The number of carbonyl (C=O) groups excluding carboxylic acids is 1. The summed E-state index contributed by atoms with van der Waals surface area (Å²) in [5.41, 5.74) is 5.62. The first kappa shape index (κ1) is 20.6. The average Bonchev–Trinajstić information content (AvgIpc) is 2.57. The number of benzene rings is 2. The monoisotopic (exact) mass is 385 g/mol. The molecule has 0 aliphatic heterocycles. The standard InChI is InChI=1S/C20H22N2O6/c1-10-11-5-4-6-14(23)17(11)19(26)18(20(27)28)12(10)7-8-13(22(2)3)15(24)9-16(21)25/h4-6,8-9,23-24,26H,7H2,1-3H3,(H2,21,25)(H,27,28)/p-1/b13-8-,15-9-. The number of hydrogen-bond donors (Lipinski definition) is 4. The van der Waals surface area contributed by atoms with Gasteiger partial charge in [-0.25, -0.2) is 4.79 Å². The molecule has 0 unspecified atom stereocenters. The molecule has 2 aromatic carbocycles. The molecule has 0 aromatic heterocycles. The first-order valence-corrected chi connectivity index (χ1v) is 8.31. The number of aryl methyl sites for hydroxylation is 1. The number of hydrogen-bond acceptors (Lipinski definition) is 6. The molecular weight excluding hydrogens is 364 g/mol. The van der Waals surface area contributed by atoms with Crippen LogP contribution >= 0.6 is 0 Å². The van der Waals surface area contributed by atoms with Gasteiger partial charge in [-0.15, -0.1) is 0 Å². The van der Waals surface area contributed by atoms with Crippen LogP contribution in [0.3, 0.4) is 0 Å². The minimum atomic E-state index is -1.41. The van der Waals surface area contributed by atoms with Gasteiger partial charge in [0.25, 0.3) is 0 Å². The zero-order chi connectivity index (χ0) is 21.2. The van der Waals surface area contributed by atoms with Gasteiger partial charge in [0.15, 0.2) is 0 Å². The zero-order valence-corrected chi connectivity index (χ0v) is 15.7. The number of carboxylic acid groups (broad SMARTS) is 1. The number of aromatic hydroxyl groups is 1. The van der Waals surface area contributed by atoms with Gasteiger partial charge < -0.3 is 31.1 Å². The molecule has 0 radical (unpaired) electrons. The SMILES string of the molecule is Cc1c(C/C=C(/C(O)=C/C(N)=O)N(C)C)c(C(=O)O)c([O-])c2c(O)cccc12. The number of aliphatic hydroxyl groups excluding tert-OH is 1. The number of likely N-dealkylation sites (N-methyl/N-ethyl adjacent to an activating group) is 1. The normalized spacial score (nSPS) is 12.2. The van der Waals surface area contributed by atoms with Crippen molar-refractivity contribution in [2.75, 3.05) is 14.1 Å². The third-order valence-electron chi connectivity index (χ3n) is 4.39. The molecule has 0 aliphatic carbocycles. The summed E-state index contributed by atoms with van der Waals surface area (Å²) >= 11 is 0. The molecule has 0 saturated heterocycles. The Morgan fingerprint density at radius 1 is 1.25 bits per heavy atom. The Balaban J connectivity index is 2.73. The fourth-order valence-corrected chi connectivity index (χ4v) is 3.11. The largest absolute Gasteiger partial charge is 0.871 e. The summed E-state index contributed by atoms with van der Waals surface area (Å²) in [6, 6.07) is 4.52. The number of phenols is 1. The Hall–Kier alpha value is -3.68. The van der Waals surface area contributed by atoms with Crippen molar-refractivity contribution in [1.29, 1.82) is 0 Å². The lowest BCUT2D eigenvalue weighted by Gasteiger charge is -2.22. The molecule has 1 amide bonds. The van der Waals surface area contributed by atoms with E-state index >= 15 is 0 Å². The molecule has 0 fully saturated rings. The molecule has 2 rings (SSSR count). The van der Waals surface area contributed by atoms with Crippen molar-refractivity contribution in [2.24, 2.45) is 5.73 Å². The molecule has 0 heterocycles. The Morgan fingerprint density at radius 2 is 1.89 bits per heavy atom. The van der Waals surface area contributed by atoms with E-state index in [1.54, 1.807) is 33.2 Å². The molecular formula is C20H21N2O6-. The van der Waals surface area contributed by atoms with E-state index in [9.17, 15) is 30.0 Å². The number of rotatable bonds is 6. The predicted molar refractivity (Wildman–Crippen MR) is 102 cm³/mol. The first-order valence-electron chi connectivity index (χ1n) is 8.31. The number of nitrogens with zero attached hydrogens (tertiary/aromatic N) is 1. The van der Waals surface area contributed by atoms with Crippen LogP contribution in [0.2, 0.25) is 0 Å². The molecule has 0 atom stereocenters. The van der Waals surface area contributed by atoms with E-state index in [0.29, 0.717) is 10.9 Å². The maximum absolute atomic E-state index is 12.7. The van der Waals surface area contributed by atoms with Crippen LogP contribution in [0, 0.1) is 6.92 Å². The van der Waals surface area contributed by atoms with Gasteiger partial charge in [-0.1, -0.05) is 24.0 Å². The average molecular weight is 385 g/mol. The minimum absolute atomic E-state index is 0.00151. The van der Waals surface area contributed by atoms with Crippen LogP contribution in [-0.2, 0) is 11.2 Å². The third-order valence-corrected chi connectivity index (χ3v) is 4.39. The zero-order valence-electron chi connectivity index (χ0n) is 15.7. The first-order chi connectivity index (χ1) is 13.1. The van der Waals surface area contributed by atoms with E-state index in [1.165, 1.54) is 17.0 Å². The highest BCUT2D eigenvalue weighted by Gasteiger charge is 2.19. The van der Waals surface area contributed by atoms with Crippen LogP contribution in [0.5, 0.6) is 11.5 Å². The van der Waals surface area contributed by atoms with Gasteiger partial charge in [0, 0.05) is 25.6 Å².